The Bertz CT molecular complexity index is 861. The minimum absolute atomic E-state index is 0.0725. The van der Waals surface area contributed by atoms with Crippen molar-refractivity contribution in [2.24, 2.45) is 4.99 Å². The van der Waals surface area contributed by atoms with E-state index in [2.05, 4.69) is 15.7 Å². The third-order valence-electron chi connectivity index (χ3n) is 4.80. The van der Waals surface area contributed by atoms with Crippen LogP contribution >= 0.6 is 0 Å². The third-order valence-corrected chi connectivity index (χ3v) is 4.80. The van der Waals surface area contributed by atoms with Gasteiger partial charge in [0.15, 0.2) is 0 Å². The summed E-state index contributed by atoms with van der Waals surface area (Å²) >= 11 is 0. The summed E-state index contributed by atoms with van der Waals surface area (Å²) in [5, 5.41) is 3.90. The number of anilines is 1. The fourth-order valence-corrected chi connectivity index (χ4v) is 3.23. The molecule has 0 saturated carbocycles. The first-order valence-corrected chi connectivity index (χ1v) is 9.90. The lowest BCUT2D eigenvalue weighted by molar-refractivity contribution is -0.148. The summed E-state index contributed by atoms with van der Waals surface area (Å²) < 4.78 is 0. The van der Waals surface area contributed by atoms with Crippen LogP contribution in [-0.4, -0.2) is 77.5 Å². The molecule has 160 valence electrons. The van der Waals surface area contributed by atoms with Crippen LogP contribution in [-0.2, 0) is 19.2 Å². The Morgan fingerprint density at radius 3 is 2.27 bits per heavy atom. The molecule has 1 aromatic rings. The number of hydrogen-bond acceptors (Lipinski definition) is 6. The number of aliphatic imine (C=N–C) groups is 1. The zero-order chi connectivity index (χ0) is 21.8. The van der Waals surface area contributed by atoms with E-state index in [0.29, 0.717) is 5.69 Å². The molecule has 10 nitrogen and oxygen atoms in total. The van der Waals surface area contributed by atoms with Gasteiger partial charge in [-0.3, -0.25) is 24.6 Å². The number of carbonyl (C=O) groups excluding carboxylic acids is 4. The number of nitrogens with one attached hydrogen (secondary N) is 2. The average Bonchev–Trinajstić information content (AvgIpc) is 2.74. The van der Waals surface area contributed by atoms with Crippen LogP contribution in [0.4, 0.5) is 5.69 Å². The molecule has 0 aromatic heterocycles. The first-order chi connectivity index (χ1) is 14.3. The van der Waals surface area contributed by atoms with E-state index in [1.807, 2.05) is 6.07 Å². The molecule has 30 heavy (non-hydrogen) atoms. The second-order valence-electron chi connectivity index (χ2n) is 7.49. The number of amidine groups is 1. The molecule has 1 aromatic carbocycles. The second kappa shape index (κ2) is 8.93. The van der Waals surface area contributed by atoms with E-state index in [9.17, 15) is 19.2 Å². The molecule has 2 N–H and O–H groups in total. The van der Waals surface area contributed by atoms with Crippen LogP contribution in [0.25, 0.3) is 0 Å². The minimum Gasteiger partial charge on any atom is -0.346 e. The number of rotatable bonds is 3. The molecule has 2 heterocycles. The molecule has 10 heteroatoms. The van der Waals surface area contributed by atoms with Crippen LogP contribution in [0.3, 0.4) is 0 Å². The fourth-order valence-electron chi connectivity index (χ4n) is 3.23. The molecule has 1 unspecified atom stereocenters. The van der Waals surface area contributed by atoms with Crippen LogP contribution in [0, 0.1) is 0 Å². The first kappa shape index (κ1) is 21.3. The van der Waals surface area contributed by atoms with Crippen molar-refractivity contribution < 1.29 is 19.2 Å². The molecule has 4 amide bonds. The van der Waals surface area contributed by atoms with Gasteiger partial charge in [0.1, 0.15) is 6.04 Å². The second-order valence-corrected chi connectivity index (χ2v) is 7.49. The summed E-state index contributed by atoms with van der Waals surface area (Å²) in [5.41, 5.74) is 3.43. The quantitative estimate of drug-likeness (QED) is 0.649. The summed E-state index contributed by atoms with van der Waals surface area (Å²) in [6.45, 7) is 6.24. The van der Waals surface area contributed by atoms with Gasteiger partial charge in [-0.1, -0.05) is 18.2 Å². The van der Waals surface area contributed by atoms with Gasteiger partial charge in [-0.25, -0.2) is 10.0 Å². The fraction of sp³-hybridized carbons (Fsp3) is 0.450. The minimum atomic E-state index is -0.701. The van der Waals surface area contributed by atoms with Crippen molar-refractivity contribution in [3.05, 3.63) is 30.3 Å². The van der Waals surface area contributed by atoms with Crippen LogP contribution in [0.15, 0.2) is 35.3 Å². The van der Waals surface area contributed by atoms with Gasteiger partial charge in [0, 0.05) is 32.2 Å². The van der Waals surface area contributed by atoms with Crippen LogP contribution in [0.5, 0.6) is 0 Å². The smallest absolute Gasteiger partial charge is 0.312 e. The number of amides is 4. The first-order valence-electron chi connectivity index (χ1n) is 9.90. The Balaban J connectivity index is 1.63. The number of hydrogen-bond donors (Lipinski definition) is 2. The lowest BCUT2D eigenvalue weighted by Crippen LogP contribution is -2.61. The summed E-state index contributed by atoms with van der Waals surface area (Å²) in [6, 6.07) is 8.13. The SMILES string of the molecule is CC(C)NC(=O)C(=O)N1CCN(C(=O)C2=NC(C)C(=O)N(c3ccccc3)N2)CC1. The van der Waals surface area contributed by atoms with E-state index in [-0.39, 0.29) is 49.9 Å². The summed E-state index contributed by atoms with van der Waals surface area (Å²) in [5.74, 6) is -1.78. The molecule has 1 fully saturated rings. The Morgan fingerprint density at radius 2 is 1.67 bits per heavy atom. The van der Waals surface area contributed by atoms with Crippen molar-refractivity contribution in [1.29, 1.82) is 0 Å². The predicted molar refractivity (Wildman–Crippen MR) is 110 cm³/mol. The number of benzene rings is 1. The van der Waals surface area contributed by atoms with Crippen molar-refractivity contribution in [2.45, 2.75) is 32.9 Å². The monoisotopic (exact) mass is 414 g/mol. The third kappa shape index (κ3) is 4.58. The van der Waals surface area contributed by atoms with Crippen molar-refractivity contribution >= 4 is 35.2 Å². The van der Waals surface area contributed by atoms with E-state index in [1.54, 1.807) is 49.9 Å². The van der Waals surface area contributed by atoms with Gasteiger partial charge in [0.2, 0.25) is 5.84 Å². The molecular formula is C20H26N6O4. The maximum atomic E-state index is 13.0. The van der Waals surface area contributed by atoms with Gasteiger partial charge in [-0.2, -0.15) is 0 Å². The lowest BCUT2D eigenvalue weighted by atomic mass is 10.2. The number of para-hydroxylation sites is 1. The van der Waals surface area contributed by atoms with E-state index in [4.69, 9.17) is 0 Å². The predicted octanol–water partition coefficient (Wildman–Crippen LogP) is -0.480. The summed E-state index contributed by atoms with van der Waals surface area (Å²) in [4.78, 5) is 56.7. The Kier molecular flexibility index (Phi) is 6.34. The molecule has 0 radical (unpaired) electrons. The summed E-state index contributed by atoms with van der Waals surface area (Å²) in [6.07, 6.45) is 0. The van der Waals surface area contributed by atoms with Crippen molar-refractivity contribution in [1.82, 2.24) is 20.5 Å². The molecule has 0 aliphatic carbocycles. The molecular weight excluding hydrogens is 388 g/mol. The van der Waals surface area contributed by atoms with E-state index >= 15 is 0 Å². The number of carbonyl (C=O) groups is 4. The maximum absolute atomic E-state index is 13.0. The largest absolute Gasteiger partial charge is 0.346 e. The zero-order valence-electron chi connectivity index (χ0n) is 17.3. The van der Waals surface area contributed by atoms with Gasteiger partial charge < -0.3 is 15.1 Å². The van der Waals surface area contributed by atoms with Gasteiger partial charge >= 0.3 is 11.8 Å². The molecule has 0 bridgehead atoms. The van der Waals surface area contributed by atoms with Gasteiger partial charge in [0.25, 0.3) is 11.8 Å². The Morgan fingerprint density at radius 1 is 1.07 bits per heavy atom. The van der Waals surface area contributed by atoms with Crippen molar-refractivity contribution in [3.63, 3.8) is 0 Å². The van der Waals surface area contributed by atoms with Crippen LogP contribution in [0.2, 0.25) is 0 Å². The average molecular weight is 414 g/mol. The zero-order valence-corrected chi connectivity index (χ0v) is 17.3. The highest BCUT2D eigenvalue weighted by Gasteiger charge is 2.34. The van der Waals surface area contributed by atoms with Gasteiger partial charge in [0.05, 0.1) is 5.69 Å². The van der Waals surface area contributed by atoms with E-state index in [1.165, 1.54) is 9.91 Å². The highest BCUT2D eigenvalue weighted by molar-refractivity contribution is 6.39. The standard InChI is InChI=1S/C20H26N6O4/c1-13(2)21-17(27)20(30)25-11-9-24(10-12-25)19(29)16-22-14(3)18(28)26(23-16)15-7-5-4-6-8-15/h4-8,13-14H,9-12H2,1-3H3,(H,21,27)(H,22,23). The van der Waals surface area contributed by atoms with Crippen LogP contribution in [0.1, 0.15) is 20.8 Å². The maximum Gasteiger partial charge on any atom is 0.312 e. The Hall–Kier alpha value is -3.43. The number of nitrogens with zero attached hydrogens (tertiary/aromatic N) is 4. The molecule has 2 aliphatic heterocycles. The van der Waals surface area contributed by atoms with Crippen molar-refractivity contribution in [2.75, 3.05) is 31.2 Å². The van der Waals surface area contributed by atoms with Crippen LogP contribution < -0.4 is 15.8 Å². The number of piperazine rings is 1. The van der Waals surface area contributed by atoms with E-state index < -0.39 is 17.9 Å². The normalized spacial score (nSPS) is 19.3. The highest BCUT2D eigenvalue weighted by atomic mass is 16.2. The summed E-state index contributed by atoms with van der Waals surface area (Å²) in [7, 11) is 0. The molecule has 1 saturated heterocycles. The van der Waals surface area contributed by atoms with Gasteiger partial charge in [-0.05, 0) is 32.9 Å². The number of hydrazine groups is 1. The molecule has 0 spiro atoms. The topological polar surface area (TPSA) is 114 Å². The Labute approximate surface area is 174 Å². The molecule has 1 atom stereocenters. The van der Waals surface area contributed by atoms with Gasteiger partial charge in [-0.15, -0.1) is 0 Å². The molecule has 2 aliphatic rings. The van der Waals surface area contributed by atoms with E-state index in [0.717, 1.165) is 0 Å². The highest BCUT2D eigenvalue weighted by Crippen LogP contribution is 2.16. The lowest BCUT2D eigenvalue weighted by Gasteiger charge is -2.36. The molecule has 3 rings (SSSR count). The van der Waals surface area contributed by atoms with Crippen molar-refractivity contribution in [3.8, 4) is 0 Å².